The summed E-state index contributed by atoms with van der Waals surface area (Å²) in [5.41, 5.74) is 5.16. The molecule has 3 heterocycles. The maximum Gasteiger partial charge on any atom is 0.275 e. The molecule has 7 nitrogen and oxygen atoms in total. The number of nitrogens with zero attached hydrogens (tertiary/aromatic N) is 2. The topological polar surface area (TPSA) is 86.5 Å². The molecule has 1 aliphatic carbocycles. The number of ether oxygens (including phenoxy) is 1. The fraction of sp³-hybridized carbons (Fsp3) is 0.650. The second-order valence-corrected chi connectivity index (χ2v) is 8.76. The van der Waals surface area contributed by atoms with Crippen molar-refractivity contribution in [3.8, 4) is 0 Å². The number of fused-ring (bicyclic) bond motifs is 1. The Hall–Kier alpha value is -1.99. The Morgan fingerprint density at radius 3 is 2.78 bits per heavy atom. The highest BCUT2D eigenvalue weighted by atomic mass is 16.8. The summed E-state index contributed by atoms with van der Waals surface area (Å²) in [6, 6.07) is 1.86. The third-order valence-corrected chi connectivity index (χ3v) is 4.90. The molecule has 1 atom stereocenters. The monoisotopic (exact) mass is 373 g/mol. The molecule has 2 fully saturated rings. The fourth-order valence-corrected chi connectivity index (χ4v) is 3.40. The minimum atomic E-state index is -0.389. The molecule has 146 valence electrons. The van der Waals surface area contributed by atoms with Gasteiger partial charge in [-0.2, -0.15) is 0 Å². The SMILES string of the molecule is CC(C)(C)Cc1noc2nc(C3CC3)cc(C(=O)NOC3CCCCO3)c12. The number of carbonyl (C=O) groups excluding carboxylic acids is 1. The molecule has 1 amide bonds. The van der Waals surface area contributed by atoms with E-state index in [0.717, 1.165) is 43.5 Å². The van der Waals surface area contributed by atoms with E-state index in [-0.39, 0.29) is 17.6 Å². The Bertz CT molecular complexity index is 830. The first-order valence-electron chi connectivity index (χ1n) is 9.77. The highest BCUT2D eigenvalue weighted by Gasteiger charge is 2.30. The van der Waals surface area contributed by atoms with Crippen LogP contribution in [0.2, 0.25) is 0 Å². The van der Waals surface area contributed by atoms with Crippen LogP contribution in [0.5, 0.6) is 0 Å². The molecular formula is C20H27N3O4. The van der Waals surface area contributed by atoms with E-state index < -0.39 is 0 Å². The second kappa shape index (κ2) is 7.20. The van der Waals surface area contributed by atoms with Crippen molar-refractivity contribution in [3.63, 3.8) is 0 Å². The largest absolute Gasteiger partial charge is 0.350 e. The van der Waals surface area contributed by atoms with Gasteiger partial charge in [0.1, 0.15) is 0 Å². The summed E-state index contributed by atoms with van der Waals surface area (Å²) in [5, 5.41) is 4.89. The zero-order valence-electron chi connectivity index (χ0n) is 16.2. The molecule has 2 aromatic rings. The number of pyridine rings is 1. The van der Waals surface area contributed by atoms with E-state index in [1.54, 1.807) is 0 Å². The van der Waals surface area contributed by atoms with Gasteiger partial charge in [0.2, 0.25) is 0 Å². The number of hydrogen-bond acceptors (Lipinski definition) is 6. The maximum absolute atomic E-state index is 12.9. The number of aromatic nitrogens is 2. The van der Waals surface area contributed by atoms with Crippen LogP contribution in [0.4, 0.5) is 0 Å². The molecule has 4 rings (SSSR count). The third-order valence-electron chi connectivity index (χ3n) is 4.90. The molecule has 2 aliphatic rings. The van der Waals surface area contributed by atoms with Gasteiger partial charge in [0.25, 0.3) is 11.6 Å². The summed E-state index contributed by atoms with van der Waals surface area (Å²) >= 11 is 0. The van der Waals surface area contributed by atoms with E-state index in [1.165, 1.54) is 0 Å². The van der Waals surface area contributed by atoms with Crippen molar-refractivity contribution in [1.29, 1.82) is 0 Å². The Balaban J connectivity index is 1.63. The van der Waals surface area contributed by atoms with Gasteiger partial charge in [-0.15, -0.1) is 0 Å². The number of amides is 1. The van der Waals surface area contributed by atoms with Gasteiger partial charge in [-0.05, 0) is 43.6 Å². The average molecular weight is 373 g/mol. The highest BCUT2D eigenvalue weighted by molar-refractivity contribution is 6.05. The van der Waals surface area contributed by atoms with Crippen molar-refractivity contribution in [1.82, 2.24) is 15.6 Å². The second-order valence-electron chi connectivity index (χ2n) is 8.76. The van der Waals surface area contributed by atoms with Crippen molar-refractivity contribution in [2.75, 3.05) is 6.61 Å². The zero-order chi connectivity index (χ0) is 19.0. The van der Waals surface area contributed by atoms with Crippen molar-refractivity contribution in [3.05, 3.63) is 23.0 Å². The molecule has 0 aromatic carbocycles. The minimum Gasteiger partial charge on any atom is -0.350 e. The van der Waals surface area contributed by atoms with Crippen LogP contribution in [0.15, 0.2) is 10.6 Å². The lowest BCUT2D eigenvalue weighted by Crippen LogP contribution is -2.33. The van der Waals surface area contributed by atoms with Gasteiger partial charge in [0.15, 0.2) is 6.29 Å². The molecular weight excluding hydrogens is 346 g/mol. The first-order valence-corrected chi connectivity index (χ1v) is 9.77. The first kappa shape index (κ1) is 18.4. The Morgan fingerprint density at radius 2 is 2.11 bits per heavy atom. The first-order chi connectivity index (χ1) is 12.9. The van der Waals surface area contributed by atoms with E-state index in [0.29, 0.717) is 35.6 Å². The van der Waals surface area contributed by atoms with Gasteiger partial charge in [-0.25, -0.2) is 15.3 Å². The van der Waals surface area contributed by atoms with Crippen molar-refractivity contribution < 1.29 is 18.9 Å². The summed E-state index contributed by atoms with van der Waals surface area (Å²) in [4.78, 5) is 23.0. The van der Waals surface area contributed by atoms with Crippen LogP contribution < -0.4 is 5.48 Å². The molecule has 1 saturated carbocycles. The quantitative estimate of drug-likeness (QED) is 0.801. The number of carbonyl (C=O) groups is 1. The third kappa shape index (κ3) is 4.30. The van der Waals surface area contributed by atoms with Crippen LogP contribution in [0.1, 0.15) is 80.5 Å². The lowest BCUT2D eigenvalue weighted by molar-refractivity contribution is -0.186. The predicted octanol–water partition coefficient (Wildman–Crippen LogP) is 3.88. The lowest BCUT2D eigenvalue weighted by Gasteiger charge is -2.22. The van der Waals surface area contributed by atoms with E-state index in [2.05, 4.69) is 36.4 Å². The molecule has 1 N–H and O–H groups in total. The lowest BCUT2D eigenvalue weighted by atomic mass is 9.89. The van der Waals surface area contributed by atoms with Crippen LogP contribution in [-0.2, 0) is 16.0 Å². The highest BCUT2D eigenvalue weighted by Crippen LogP contribution is 2.41. The van der Waals surface area contributed by atoms with Crippen molar-refractivity contribution >= 4 is 17.0 Å². The van der Waals surface area contributed by atoms with Crippen LogP contribution in [-0.4, -0.2) is 28.9 Å². The van der Waals surface area contributed by atoms with Crippen molar-refractivity contribution in [2.24, 2.45) is 5.41 Å². The molecule has 1 unspecified atom stereocenters. The summed E-state index contributed by atoms with van der Waals surface area (Å²) in [6.07, 6.45) is 5.33. The van der Waals surface area contributed by atoms with Crippen LogP contribution >= 0.6 is 0 Å². The fourth-order valence-electron chi connectivity index (χ4n) is 3.40. The molecule has 0 spiro atoms. The number of rotatable bonds is 5. The standard InChI is InChI=1S/C20H27N3O4/c1-20(2,3)11-15-17-13(18(24)23-26-16-6-4-5-9-25-16)10-14(12-7-8-12)21-19(17)27-22-15/h10,12,16H,4-9,11H2,1-3H3,(H,23,24). The van der Waals surface area contributed by atoms with E-state index >= 15 is 0 Å². The summed E-state index contributed by atoms with van der Waals surface area (Å²) in [7, 11) is 0. The van der Waals surface area contributed by atoms with Gasteiger partial charge in [-0.3, -0.25) is 4.79 Å². The summed E-state index contributed by atoms with van der Waals surface area (Å²) in [6.45, 7) is 7.04. The van der Waals surface area contributed by atoms with E-state index in [9.17, 15) is 4.79 Å². The minimum absolute atomic E-state index is 0.0130. The van der Waals surface area contributed by atoms with Gasteiger partial charge >= 0.3 is 0 Å². The van der Waals surface area contributed by atoms with Crippen LogP contribution in [0.25, 0.3) is 11.1 Å². The molecule has 2 aromatic heterocycles. The van der Waals surface area contributed by atoms with Gasteiger partial charge < -0.3 is 9.26 Å². The molecule has 0 bridgehead atoms. The molecule has 27 heavy (non-hydrogen) atoms. The molecule has 7 heteroatoms. The van der Waals surface area contributed by atoms with Crippen LogP contribution in [0, 0.1) is 5.41 Å². The van der Waals surface area contributed by atoms with Gasteiger partial charge in [-0.1, -0.05) is 25.9 Å². The summed E-state index contributed by atoms with van der Waals surface area (Å²) in [5.74, 6) is 0.0940. The van der Waals surface area contributed by atoms with E-state index in [1.807, 2.05) is 6.07 Å². The smallest absolute Gasteiger partial charge is 0.275 e. The number of hydrogen-bond donors (Lipinski definition) is 1. The van der Waals surface area contributed by atoms with Gasteiger partial charge in [0, 0.05) is 24.6 Å². The number of hydroxylamine groups is 1. The Morgan fingerprint density at radius 1 is 1.30 bits per heavy atom. The summed E-state index contributed by atoms with van der Waals surface area (Å²) < 4.78 is 11.0. The van der Waals surface area contributed by atoms with Crippen molar-refractivity contribution in [2.45, 2.75) is 71.5 Å². The Kier molecular flexibility index (Phi) is 4.90. The average Bonchev–Trinajstić information content (AvgIpc) is 3.41. The number of nitrogens with one attached hydrogen (secondary N) is 1. The molecule has 1 aliphatic heterocycles. The molecule has 0 radical (unpaired) electrons. The predicted molar refractivity (Wildman–Crippen MR) is 99.1 cm³/mol. The Labute approximate surface area is 158 Å². The van der Waals surface area contributed by atoms with E-state index in [4.69, 9.17) is 14.1 Å². The molecule has 1 saturated heterocycles. The normalized spacial score (nSPS) is 20.8. The zero-order valence-corrected chi connectivity index (χ0v) is 16.2. The van der Waals surface area contributed by atoms with Gasteiger partial charge in [0.05, 0.1) is 16.6 Å². The maximum atomic E-state index is 12.9. The van der Waals surface area contributed by atoms with Crippen LogP contribution in [0.3, 0.4) is 0 Å².